The third-order valence-corrected chi connectivity index (χ3v) is 3.08. The van der Waals surface area contributed by atoms with Gasteiger partial charge >= 0.3 is 0 Å². The summed E-state index contributed by atoms with van der Waals surface area (Å²) in [5.74, 6) is 0. The summed E-state index contributed by atoms with van der Waals surface area (Å²) in [5.41, 5.74) is -2.16. The summed E-state index contributed by atoms with van der Waals surface area (Å²) in [5, 5.41) is 0. The molecule has 3 nitrogen and oxygen atoms in total. The highest BCUT2D eigenvalue weighted by Crippen LogP contribution is 2.52. The van der Waals surface area contributed by atoms with Crippen molar-refractivity contribution in [3.63, 3.8) is 0 Å². The zero-order chi connectivity index (χ0) is 7.33. The van der Waals surface area contributed by atoms with Crippen molar-refractivity contribution in [3.8, 4) is 0 Å². The van der Waals surface area contributed by atoms with Gasteiger partial charge in [-0.3, -0.25) is 0 Å². The molecular weight excluding hydrogens is 189 g/mol. The van der Waals surface area contributed by atoms with Gasteiger partial charge < -0.3 is 15.2 Å². The van der Waals surface area contributed by atoms with Crippen LogP contribution in [0.5, 0.6) is 0 Å². The Morgan fingerprint density at radius 1 is 1.30 bits per heavy atom. The molecule has 0 aliphatic heterocycles. The topological polar surface area (TPSA) is 55.0 Å². The Morgan fingerprint density at radius 3 is 1.80 bits per heavy atom. The van der Waals surface area contributed by atoms with Crippen molar-refractivity contribution in [2.24, 2.45) is 0 Å². The molecule has 0 aromatic carbocycles. The molecule has 0 saturated carbocycles. The fraction of sp³-hybridized carbons (Fsp3) is 1.00. The predicted molar refractivity (Wildman–Crippen MR) is 52.5 cm³/mol. The van der Waals surface area contributed by atoms with Gasteiger partial charge in [0.15, 0.2) is 0 Å². The van der Waals surface area contributed by atoms with Crippen molar-refractivity contribution in [1.29, 1.82) is 0 Å². The lowest BCUT2D eigenvalue weighted by molar-refractivity contribution is 0.281. The lowest BCUT2D eigenvalue weighted by Crippen LogP contribution is -1.88. The van der Waals surface area contributed by atoms with Gasteiger partial charge in [0.25, 0.3) is 0 Å². The second-order valence-corrected chi connectivity index (χ2v) is 6.59. The van der Waals surface area contributed by atoms with E-state index >= 15 is 0 Å². The van der Waals surface area contributed by atoms with Crippen LogP contribution in [0.1, 0.15) is 13.8 Å². The molecule has 10 heavy (non-hydrogen) atoms. The number of rotatable bonds is 4. The van der Waals surface area contributed by atoms with E-state index < -0.39 is 5.69 Å². The average Bonchev–Trinajstić information content (AvgIpc) is 1.64. The summed E-state index contributed by atoms with van der Waals surface area (Å²) in [6.45, 7) is 4.88. The van der Waals surface area contributed by atoms with E-state index in [4.69, 9.17) is 20.9 Å². The predicted octanol–water partition coefficient (Wildman–Crippen LogP) is 2.59. The molecule has 0 unspecified atom stereocenters. The standard InChI is InChI=1S/C4H11O2PS2.H3N/c1-3-5-7(8,9)6-4-2;/h3-4H2,1-2H3,(H,8,9);1H3/p+1. The monoisotopic (exact) mass is 204 g/mol. The number of hydrogen-bond acceptors (Lipinski definition) is 3. The third-order valence-electron chi connectivity index (χ3n) is 0.584. The molecular formula is C4H15NO2PS2+. The van der Waals surface area contributed by atoms with E-state index in [0.717, 1.165) is 0 Å². The first-order chi connectivity index (χ1) is 4.12. The smallest absolute Gasteiger partial charge is 0.244 e. The Kier molecular flexibility index (Phi) is 8.86. The van der Waals surface area contributed by atoms with E-state index in [-0.39, 0.29) is 6.15 Å². The van der Waals surface area contributed by atoms with E-state index in [1.807, 2.05) is 13.8 Å². The van der Waals surface area contributed by atoms with Gasteiger partial charge in [0.1, 0.15) is 0 Å². The second kappa shape index (κ2) is 6.58. The molecule has 0 bridgehead atoms. The molecule has 64 valence electrons. The van der Waals surface area contributed by atoms with Crippen molar-refractivity contribution in [3.05, 3.63) is 0 Å². The van der Waals surface area contributed by atoms with Gasteiger partial charge in [-0.25, -0.2) is 0 Å². The Morgan fingerprint density at radius 2 is 1.60 bits per heavy atom. The van der Waals surface area contributed by atoms with Crippen molar-refractivity contribution < 1.29 is 9.05 Å². The minimum absolute atomic E-state index is 0. The fourth-order valence-corrected chi connectivity index (χ4v) is 2.42. The molecule has 0 heterocycles. The van der Waals surface area contributed by atoms with Gasteiger partial charge in [0.05, 0.1) is 13.2 Å². The normalized spacial score (nSPS) is 10.7. The lowest BCUT2D eigenvalue weighted by Gasteiger charge is -2.13. The van der Waals surface area contributed by atoms with Crippen LogP contribution in [0.15, 0.2) is 0 Å². The number of quaternary nitrogens is 1. The van der Waals surface area contributed by atoms with Crippen LogP contribution in [-0.2, 0) is 20.9 Å². The molecule has 0 aliphatic rings. The molecule has 0 aliphatic carbocycles. The van der Waals surface area contributed by atoms with Gasteiger partial charge in [-0.15, -0.1) is 0 Å². The zero-order valence-electron chi connectivity index (χ0n) is 6.53. The van der Waals surface area contributed by atoms with Gasteiger partial charge in [0, 0.05) is 0 Å². The molecule has 0 rings (SSSR count). The SMILES string of the molecule is CCOP(=S)(S)OCC.[NH4+]. The largest absolute Gasteiger partial charge is 0.369 e. The van der Waals surface area contributed by atoms with Crippen LogP contribution in [0.3, 0.4) is 0 Å². The Bertz CT molecular complexity index is 112. The first-order valence-electron chi connectivity index (χ1n) is 2.74. The highest BCUT2D eigenvalue weighted by molar-refractivity contribution is 8.60. The van der Waals surface area contributed by atoms with Crippen LogP contribution in [0, 0.1) is 0 Å². The van der Waals surface area contributed by atoms with Gasteiger partial charge in [-0.2, -0.15) is 0 Å². The molecule has 0 atom stereocenters. The van der Waals surface area contributed by atoms with Gasteiger partial charge in [-0.1, -0.05) is 12.2 Å². The van der Waals surface area contributed by atoms with Crippen LogP contribution in [0.25, 0.3) is 0 Å². The van der Waals surface area contributed by atoms with E-state index in [9.17, 15) is 0 Å². The molecule has 0 spiro atoms. The molecule has 0 saturated heterocycles. The van der Waals surface area contributed by atoms with Crippen molar-refractivity contribution in [1.82, 2.24) is 6.15 Å². The maximum atomic E-state index is 5.04. The number of hydrogen-bond donors (Lipinski definition) is 2. The summed E-state index contributed by atoms with van der Waals surface area (Å²) in [6, 6.07) is 0. The summed E-state index contributed by atoms with van der Waals surface area (Å²) in [6.07, 6.45) is 0. The molecule has 4 N–H and O–H groups in total. The van der Waals surface area contributed by atoms with Crippen LogP contribution in [0.4, 0.5) is 0 Å². The molecule has 0 radical (unpaired) electrons. The number of thiol groups is 1. The second-order valence-electron chi connectivity index (χ2n) is 1.30. The van der Waals surface area contributed by atoms with Crippen LogP contribution >= 0.6 is 17.9 Å². The summed E-state index contributed by atoms with van der Waals surface area (Å²) in [7, 11) is 0. The van der Waals surface area contributed by atoms with E-state index in [0.29, 0.717) is 13.2 Å². The van der Waals surface area contributed by atoms with Gasteiger partial charge in [-0.05, 0) is 25.7 Å². The van der Waals surface area contributed by atoms with E-state index in [2.05, 4.69) is 12.2 Å². The molecule has 6 heteroatoms. The molecule has 0 amide bonds. The van der Waals surface area contributed by atoms with Crippen molar-refractivity contribution >= 4 is 29.7 Å². The maximum Gasteiger partial charge on any atom is 0.244 e. The summed E-state index contributed by atoms with van der Waals surface area (Å²) in [4.78, 5) is 0. The average molecular weight is 204 g/mol. The highest BCUT2D eigenvalue weighted by Gasteiger charge is 2.08. The van der Waals surface area contributed by atoms with E-state index in [1.54, 1.807) is 0 Å². The molecule has 0 fully saturated rings. The minimum Gasteiger partial charge on any atom is -0.369 e. The van der Waals surface area contributed by atoms with E-state index in [1.165, 1.54) is 0 Å². The lowest BCUT2D eigenvalue weighted by atomic mass is 10.9. The van der Waals surface area contributed by atoms with Gasteiger partial charge in [0.2, 0.25) is 5.69 Å². The molecule has 0 aromatic heterocycles. The van der Waals surface area contributed by atoms with Crippen molar-refractivity contribution in [2.45, 2.75) is 13.8 Å². The molecule has 0 aromatic rings. The van der Waals surface area contributed by atoms with Crippen LogP contribution in [0.2, 0.25) is 0 Å². The zero-order valence-corrected chi connectivity index (χ0v) is 9.14. The summed E-state index contributed by atoms with van der Waals surface area (Å²) < 4.78 is 10.1. The van der Waals surface area contributed by atoms with Crippen molar-refractivity contribution in [2.75, 3.05) is 13.2 Å². The highest BCUT2D eigenvalue weighted by atomic mass is 32.9. The maximum absolute atomic E-state index is 5.04. The summed E-state index contributed by atoms with van der Waals surface area (Å²) >= 11 is 8.90. The minimum atomic E-state index is -2.16. The quantitative estimate of drug-likeness (QED) is 0.546. The van der Waals surface area contributed by atoms with Crippen LogP contribution in [-0.4, -0.2) is 13.2 Å². The fourth-order valence-electron chi connectivity index (χ4n) is 0.364. The first kappa shape index (κ1) is 13.5. The third kappa shape index (κ3) is 6.99. The Labute approximate surface area is 72.4 Å². The first-order valence-corrected chi connectivity index (χ1v) is 6.53. The Hall–Kier alpha value is 0.880. The Balaban J connectivity index is 0. The van der Waals surface area contributed by atoms with Crippen LogP contribution < -0.4 is 6.15 Å².